The lowest BCUT2D eigenvalue weighted by Crippen LogP contribution is -2.36. The molecule has 20 heavy (non-hydrogen) atoms. The third-order valence-corrected chi connectivity index (χ3v) is 3.15. The number of para-hydroxylation sites is 1. The predicted molar refractivity (Wildman–Crippen MR) is 71.9 cm³/mol. The van der Waals surface area contributed by atoms with Gasteiger partial charge in [0, 0.05) is 0 Å². The third kappa shape index (κ3) is 3.43. The van der Waals surface area contributed by atoms with Gasteiger partial charge in [0.05, 0.1) is 12.0 Å². The molecule has 0 radical (unpaired) electrons. The summed E-state index contributed by atoms with van der Waals surface area (Å²) in [6.07, 6.45) is 0.663. The Morgan fingerprint density at radius 2 is 2.20 bits per heavy atom. The number of carbonyl (C=O) groups is 1. The fraction of sp³-hybridized carbons (Fsp3) is 0.462. The highest BCUT2D eigenvalue weighted by Crippen LogP contribution is 2.29. The van der Waals surface area contributed by atoms with Gasteiger partial charge in [-0.2, -0.15) is 4.39 Å². The van der Waals surface area contributed by atoms with Crippen molar-refractivity contribution in [3.05, 3.63) is 34.1 Å². The van der Waals surface area contributed by atoms with Crippen LogP contribution in [0.2, 0.25) is 0 Å². The molecule has 0 aliphatic heterocycles. The van der Waals surface area contributed by atoms with Gasteiger partial charge in [-0.25, -0.2) is 4.79 Å². The third-order valence-electron chi connectivity index (χ3n) is 3.15. The molecule has 0 spiro atoms. The molecule has 0 amide bonds. The van der Waals surface area contributed by atoms with Crippen LogP contribution in [0.4, 0.5) is 15.8 Å². The number of ether oxygens (including phenoxy) is 1. The fourth-order valence-corrected chi connectivity index (χ4v) is 1.78. The Kier molecular flexibility index (Phi) is 5.42. The van der Waals surface area contributed by atoms with E-state index in [0.717, 1.165) is 6.07 Å². The summed E-state index contributed by atoms with van der Waals surface area (Å²) < 4.78 is 18.2. The first-order valence-electron chi connectivity index (χ1n) is 6.19. The van der Waals surface area contributed by atoms with Gasteiger partial charge in [0.25, 0.3) is 0 Å². The Morgan fingerprint density at radius 3 is 2.70 bits per heavy atom. The second-order valence-corrected chi connectivity index (χ2v) is 4.42. The highest BCUT2D eigenvalue weighted by atomic mass is 19.1. The number of nitrogens with zero attached hydrogens (tertiary/aromatic N) is 1. The SMILES string of the molecule is CC[C@H](C)[C@H](Nc1cccc(F)c1[N+](=O)[O-])C(=O)OC. The molecule has 6 nitrogen and oxygen atoms in total. The first-order chi connectivity index (χ1) is 9.42. The van der Waals surface area contributed by atoms with Crippen molar-refractivity contribution in [3.8, 4) is 0 Å². The van der Waals surface area contributed by atoms with Crippen molar-refractivity contribution in [2.75, 3.05) is 12.4 Å². The van der Waals surface area contributed by atoms with E-state index in [0.29, 0.717) is 6.42 Å². The quantitative estimate of drug-likeness (QED) is 0.493. The summed E-state index contributed by atoms with van der Waals surface area (Å²) in [5, 5.41) is 13.6. The summed E-state index contributed by atoms with van der Waals surface area (Å²) in [5.74, 6) is -1.61. The van der Waals surface area contributed by atoms with Crippen LogP contribution in [-0.2, 0) is 9.53 Å². The van der Waals surface area contributed by atoms with E-state index in [9.17, 15) is 19.3 Å². The van der Waals surface area contributed by atoms with Gasteiger partial charge in [0.1, 0.15) is 11.7 Å². The number of nitrogens with one attached hydrogen (secondary N) is 1. The monoisotopic (exact) mass is 284 g/mol. The molecule has 0 aromatic heterocycles. The van der Waals surface area contributed by atoms with E-state index in [1.807, 2.05) is 6.92 Å². The van der Waals surface area contributed by atoms with Crippen LogP contribution in [-0.4, -0.2) is 24.0 Å². The minimum atomic E-state index is -0.951. The predicted octanol–water partition coefficient (Wildman–Crippen LogP) is 2.73. The molecule has 0 unspecified atom stereocenters. The number of nitro benzene ring substituents is 1. The summed E-state index contributed by atoms with van der Waals surface area (Å²) in [5.41, 5.74) is -0.713. The van der Waals surface area contributed by atoms with E-state index >= 15 is 0 Å². The second-order valence-electron chi connectivity index (χ2n) is 4.42. The topological polar surface area (TPSA) is 81.5 Å². The maximum Gasteiger partial charge on any atom is 0.328 e. The molecular formula is C13H17FN2O4. The van der Waals surface area contributed by atoms with Crippen molar-refractivity contribution < 1.29 is 18.8 Å². The molecule has 1 aromatic carbocycles. The molecule has 0 bridgehead atoms. The van der Waals surface area contributed by atoms with Gasteiger partial charge in [0.2, 0.25) is 5.82 Å². The normalized spacial score (nSPS) is 13.4. The van der Waals surface area contributed by atoms with E-state index in [1.165, 1.54) is 19.2 Å². The number of esters is 1. The van der Waals surface area contributed by atoms with Crippen LogP contribution in [0.1, 0.15) is 20.3 Å². The lowest BCUT2D eigenvalue weighted by molar-refractivity contribution is -0.386. The van der Waals surface area contributed by atoms with Gasteiger partial charge in [0.15, 0.2) is 0 Å². The van der Waals surface area contributed by atoms with Gasteiger partial charge in [-0.1, -0.05) is 26.3 Å². The number of methoxy groups -OCH3 is 1. The Labute approximate surface area is 116 Å². The van der Waals surface area contributed by atoms with Gasteiger partial charge < -0.3 is 10.1 Å². The molecule has 0 fully saturated rings. The largest absolute Gasteiger partial charge is 0.467 e. The van der Waals surface area contributed by atoms with Gasteiger partial charge in [-0.15, -0.1) is 0 Å². The summed E-state index contributed by atoms with van der Waals surface area (Å²) in [4.78, 5) is 21.8. The Bertz CT molecular complexity index is 507. The van der Waals surface area contributed by atoms with Crippen LogP contribution in [0.25, 0.3) is 0 Å². The first kappa shape index (κ1) is 15.9. The number of halogens is 1. The second kappa shape index (κ2) is 6.83. The minimum absolute atomic E-state index is 0.0364. The number of hydrogen-bond donors (Lipinski definition) is 1. The molecule has 0 heterocycles. The summed E-state index contributed by atoms with van der Waals surface area (Å²) in [6.45, 7) is 3.68. The average Bonchev–Trinajstić information content (AvgIpc) is 2.42. The Hall–Kier alpha value is -2.18. The number of anilines is 1. The van der Waals surface area contributed by atoms with Gasteiger partial charge >= 0.3 is 11.7 Å². The van der Waals surface area contributed by atoms with E-state index in [1.54, 1.807) is 6.92 Å². The number of hydrogen-bond acceptors (Lipinski definition) is 5. The number of benzene rings is 1. The molecular weight excluding hydrogens is 267 g/mol. The van der Waals surface area contributed by atoms with E-state index in [2.05, 4.69) is 10.1 Å². The van der Waals surface area contributed by atoms with Crippen LogP contribution in [0.3, 0.4) is 0 Å². The molecule has 0 aliphatic carbocycles. The average molecular weight is 284 g/mol. The molecule has 0 saturated carbocycles. The van der Waals surface area contributed by atoms with Crippen LogP contribution in [0, 0.1) is 21.8 Å². The zero-order valence-electron chi connectivity index (χ0n) is 11.6. The summed E-state index contributed by atoms with van der Waals surface area (Å²) in [7, 11) is 1.24. The number of rotatable bonds is 6. The molecule has 0 saturated heterocycles. The van der Waals surface area contributed by atoms with Crippen LogP contribution >= 0.6 is 0 Å². The van der Waals surface area contributed by atoms with Crippen molar-refractivity contribution in [1.29, 1.82) is 0 Å². The summed E-state index contributed by atoms with van der Waals surface area (Å²) >= 11 is 0. The number of nitro groups is 1. The highest BCUT2D eigenvalue weighted by molar-refractivity contribution is 5.81. The van der Waals surface area contributed by atoms with Crippen molar-refractivity contribution in [2.45, 2.75) is 26.3 Å². The van der Waals surface area contributed by atoms with Crippen LogP contribution < -0.4 is 5.32 Å². The molecule has 2 atom stereocenters. The smallest absolute Gasteiger partial charge is 0.328 e. The van der Waals surface area contributed by atoms with Crippen molar-refractivity contribution in [1.82, 2.24) is 0 Å². The van der Waals surface area contributed by atoms with Gasteiger partial charge in [-0.3, -0.25) is 10.1 Å². The van der Waals surface area contributed by atoms with Gasteiger partial charge in [-0.05, 0) is 18.1 Å². The van der Waals surface area contributed by atoms with Crippen LogP contribution in [0.5, 0.6) is 0 Å². The van der Waals surface area contributed by atoms with Crippen molar-refractivity contribution >= 4 is 17.3 Å². The minimum Gasteiger partial charge on any atom is -0.467 e. The Balaban J connectivity index is 3.14. The Morgan fingerprint density at radius 1 is 1.55 bits per heavy atom. The maximum atomic E-state index is 13.5. The van der Waals surface area contributed by atoms with Crippen molar-refractivity contribution in [2.24, 2.45) is 5.92 Å². The lowest BCUT2D eigenvalue weighted by atomic mass is 9.99. The fourth-order valence-electron chi connectivity index (χ4n) is 1.78. The summed E-state index contributed by atoms with van der Waals surface area (Å²) in [6, 6.07) is 2.93. The molecule has 1 N–H and O–H groups in total. The first-order valence-corrected chi connectivity index (χ1v) is 6.19. The lowest BCUT2D eigenvalue weighted by Gasteiger charge is -2.22. The van der Waals surface area contributed by atoms with E-state index in [-0.39, 0.29) is 11.6 Å². The highest BCUT2D eigenvalue weighted by Gasteiger charge is 2.28. The molecule has 1 aromatic rings. The molecule has 110 valence electrons. The van der Waals surface area contributed by atoms with E-state index in [4.69, 9.17) is 0 Å². The molecule has 1 rings (SSSR count). The molecule has 0 aliphatic rings. The van der Waals surface area contributed by atoms with E-state index < -0.39 is 28.4 Å². The zero-order valence-corrected chi connectivity index (χ0v) is 11.6. The van der Waals surface area contributed by atoms with Crippen LogP contribution in [0.15, 0.2) is 18.2 Å². The van der Waals surface area contributed by atoms with Crippen molar-refractivity contribution in [3.63, 3.8) is 0 Å². The maximum absolute atomic E-state index is 13.5. The molecule has 7 heteroatoms. The number of carbonyl (C=O) groups excluding carboxylic acids is 1. The standard InChI is InChI=1S/C13H17FN2O4/c1-4-8(2)11(13(17)20-3)15-10-7-5-6-9(14)12(10)16(18)19/h5-8,11,15H,4H2,1-3H3/t8-,11-/m0/s1. The zero-order chi connectivity index (χ0) is 15.3.